The molecule has 0 spiro atoms. The SMILES string of the molecule is NCC1(C(=O)Nc2c(Br)cccc2Br)CCCCCC1. The smallest absolute Gasteiger partial charge is 0.231 e. The summed E-state index contributed by atoms with van der Waals surface area (Å²) in [5, 5.41) is 3.06. The molecule has 1 fully saturated rings. The molecule has 1 aromatic carbocycles. The van der Waals surface area contributed by atoms with E-state index in [9.17, 15) is 4.79 Å². The van der Waals surface area contributed by atoms with Crippen LogP contribution in [0.1, 0.15) is 38.5 Å². The molecule has 0 unspecified atom stereocenters. The Bertz CT molecular complexity index is 463. The van der Waals surface area contributed by atoms with E-state index in [-0.39, 0.29) is 5.91 Å². The van der Waals surface area contributed by atoms with Crippen molar-refractivity contribution in [2.75, 3.05) is 11.9 Å². The van der Waals surface area contributed by atoms with E-state index in [1.165, 1.54) is 12.8 Å². The minimum atomic E-state index is -0.411. The monoisotopic (exact) mass is 402 g/mol. The molecule has 0 saturated heterocycles. The van der Waals surface area contributed by atoms with Crippen LogP contribution in [0.3, 0.4) is 0 Å². The third-order valence-corrected chi connectivity index (χ3v) is 5.46. The molecule has 1 aliphatic rings. The van der Waals surface area contributed by atoms with Crippen LogP contribution in [0, 0.1) is 5.41 Å². The zero-order chi connectivity index (χ0) is 14.6. The van der Waals surface area contributed by atoms with Crippen molar-refractivity contribution in [2.24, 2.45) is 11.1 Å². The lowest BCUT2D eigenvalue weighted by atomic mass is 9.79. The van der Waals surface area contributed by atoms with Gasteiger partial charge in [0.15, 0.2) is 0 Å². The maximum Gasteiger partial charge on any atom is 0.231 e. The highest BCUT2D eigenvalue weighted by molar-refractivity contribution is 9.11. The van der Waals surface area contributed by atoms with Crippen LogP contribution in [0.5, 0.6) is 0 Å². The molecule has 0 atom stereocenters. The van der Waals surface area contributed by atoms with Crippen LogP contribution >= 0.6 is 31.9 Å². The summed E-state index contributed by atoms with van der Waals surface area (Å²) in [6.07, 6.45) is 6.35. The molecule has 3 nitrogen and oxygen atoms in total. The van der Waals surface area contributed by atoms with Gasteiger partial charge in [-0.2, -0.15) is 0 Å². The van der Waals surface area contributed by atoms with E-state index in [4.69, 9.17) is 5.73 Å². The number of halogens is 2. The maximum atomic E-state index is 12.7. The van der Waals surface area contributed by atoms with Gasteiger partial charge in [0.2, 0.25) is 5.91 Å². The molecule has 0 radical (unpaired) electrons. The van der Waals surface area contributed by atoms with Crippen molar-refractivity contribution in [3.63, 3.8) is 0 Å². The number of rotatable bonds is 3. The van der Waals surface area contributed by atoms with Crippen molar-refractivity contribution in [3.8, 4) is 0 Å². The molecule has 0 heterocycles. The van der Waals surface area contributed by atoms with Crippen molar-refractivity contribution >= 4 is 43.5 Å². The number of anilines is 1. The van der Waals surface area contributed by atoms with Crippen LogP contribution in [-0.4, -0.2) is 12.5 Å². The second kappa shape index (κ2) is 7.05. The van der Waals surface area contributed by atoms with Gasteiger partial charge in [0.25, 0.3) is 0 Å². The number of amides is 1. The number of carbonyl (C=O) groups excluding carboxylic acids is 1. The first-order valence-electron chi connectivity index (χ1n) is 7.05. The highest BCUT2D eigenvalue weighted by atomic mass is 79.9. The van der Waals surface area contributed by atoms with Crippen molar-refractivity contribution in [3.05, 3.63) is 27.1 Å². The average Bonchev–Trinajstić information content (AvgIpc) is 2.69. The zero-order valence-electron chi connectivity index (χ0n) is 11.4. The molecule has 5 heteroatoms. The van der Waals surface area contributed by atoms with E-state index in [1.807, 2.05) is 18.2 Å². The molecule has 1 saturated carbocycles. The lowest BCUT2D eigenvalue weighted by Crippen LogP contribution is -2.42. The fourth-order valence-electron chi connectivity index (χ4n) is 2.79. The van der Waals surface area contributed by atoms with Crippen LogP contribution in [-0.2, 0) is 4.79 Å². The number of hydrogen-bond donors (Lipinski definition) is 2. The van der Waals surface area contributed by atoms with E-state index >= 15 is 0 Å². The van der Waals surface area contributed by atoms with Gasteiger partial charge in [-0.05, 0) is 56.8 Å². The van der Waals surface area contributed by atoms with Gasteiger partial charge in [0.1, 0.15) is 0 Å². The summed E-state index contributed by atoms with van der Waals surface area (Å²) < 4.78 is 1.75. The van der Waals surface area contributed by atoms with Crippen LogP contribution in [0.15, 0.2) is 27.1 Å². The van der Waals surface area contributed by atoms with Crippen molar-refractivity contribution in [2.45, 2.75) is 38.5 Å². The van der Waals surface area contributed by atoms with Gasteiger partial charge in [-0.1, -0.05) is 31.7 Å². The highest BCUT2D eigenvalue weighted by Gasteiger charge is 2.37. The number of hydrogen-bond acceptors (Lipinski definition) is 2. The maximum absolute atomic E-state index is 12.7. The predicted octanol–water partition coefficient (Wildman–Crippen LogP) is 4.45. The van der Waals surface area contributed by atoms with E-state index in [0.717, 1.165) is 40.3 Å². The molecular formula is C15H20Br2N2O. The lowest BCUT2D eigenvalue weighted by Gasteiger charge is -2.30. The number of benzene rings is 1. The normalized spacial score (nSPS) is 18.4. The van der Waals surface area contributed by atoms with Crippen molar-refractivity contribution in [1.82, 2.24) is 0 Å². The Morgan fingerprint density at radius 1 is 1.15 bits per heavy atom. The standard InChI is InChI=1S/C15H20Br2N2O/c16-11-6-5-7-12(17)13(11)19-14(20)15(10-18)8-3-1-2-4-9-15/h5-7H,1-4,8-10,18H2,(H,19,20). The van der Waals surface area contributed by atoms with Gasteiger partial charge < -0.3 is 11.1 Å². The second-order valence-electron chi connectivity index (χ2n) is 5.45. The van der Waals surface area contributed by atoms with E-state index in [1.54, 1.807) is 0 Å². The topological polar surface area (TPSA) is 55.1 Å². The minimum absolute atomic E-state index is 0.0505. The third kappa shape index (κ3) is 3.43. The summed E-state index contributed by atoms with van der Waals surface area (Å²) in [5.74, 6) is 0.0505. The highest BCUT2D eigenvalue weighted by Crippen LogP contribution is 2.37. The molecule has 0 aromatic heterocycles. The molecule has 0 aliphatic heterocycles. The molecular weight excluding hydrogens is 384 g/mol. The van der Waals surface area contributed by atoms with Gasteiger partial charge in [-0.15, -0.1) is 0 Å². The Morgan fingerprint density at radius 2 is 1.70 bits per heavy atom. The molecule has 1 aliphatic carbocycles. The lowest BCUT2D eigenvalue weighted by molar-refractivity contribution is -0.125. The zero-order valence-corrected chi connectivity index (χ0v) is 14.6. The fourth-order valence-corrected chi connectivity index (χ4v) is 3.99. The van der Waals surface area contributed by atoms with E-state index < -0.39 is 5.41 Å². The van der Waals surface area contributed by atoms with Gasteiger partial charge in [-0.25, -0.2) is 0 Å². The fraction of sp³-hybridized carbons (Fsp3) is 0.533. The first-order chi connectivity index (χ1) is 9.59. The summed E-state index contributed by atoms with van der Waals surface area (Å²) in [4.78, 5) is 12.7. The van der Waals surface area contributed by atoms with Crippen molar-refractivity contribution in [1.29, 1.82) is 0 Å². The first-order valence-corrected chi connectivity index (χ1v) is 8.63. The summed E-state index contributed by atoms with van der Waals surface area (Å²) in [6, 6.07) is 5.76. The molecule has 1 amide bonds. The average molecular weight is 404 g/mol. The number of para-hydroxylation sites is 1. The Hall–Kier alpha value is -0.390. The minimum Gasteiger partial charge on any atom is -0.329 e. The molecule has 0 bridgehead atoms. The predicted molar refractivity (Wildman–Crippen MR) is 89.7 cm³/mol. The van der Waals surface area contributed by atoms with Gasteiger partial charge in [0, 0.05) is 15.5 Å². The summed E-state index contributed by atoms with van der Waals surface area (Å²) >= 11 is 6.96. The molecule has 110 valence electrons. The molecule has 2 rings (SSSR count). The summed E-state index contributed by atoms with van der Waals surface area (Å²) in [7, 11) is 0. The van der Waals surface area contributed by atoms with Crippen LogP contribution in [0.25, 0.3) is 0 Å². The Balaban J connectivity index is 2.21. The number of carbonyl (C=O) groups is 1. The Kier molecular flexibility index (Phi) is 5.64. The Labute approximate surface area is 136 Å². The largest absolute Gasteiger partial charge is 0.329 e. The quantitative estimate of drug-likeness (QED) is 0.732. The van der Waals surface area contributed by atoms with Crippen LogP contribution in [0.4, 0.5) is 5.69 Å². The van der Waals surface area contributed by atoms with Gasteiger partial charge >= 0.3 is 0 Å². The number of nitrogens with one attached hydrogen (secondary N) is 1. The van der Waals surface area contributed by atoms with E-state index in [0.29, 0.717) is 6.54 Å². The Morgan fingerprint density at radius 3 is 2.20 bits per heavy atom. The summed E-state index contributed by atoms with van der Waals surface area (Å²) in [6.45, 7) is 0.418. The van der Waals surface area contributed by atoms with Gasteiger partial charge in [0.05, 0.1) is 11.1 Å². The second-order valence-corrected chi connectivity index (χ2v) is 7.16. The van der Waals surface area contributed by atoms with Crippen LogP contribution in [0.2, 0.25) is 0 Å². The molecule has 20 heavy (non-hydrogen) atoms. The van der Waals surface area contributed by atoms with Crippen molar-refractivity contribution < 1.29 is 4.79 Å². The van der Waals surface area contributed by atoms with Gasteiger partial charge in [-0.3, -0.25) is 4.79 Å². The third-order valence-electron chi connectivity index (χ3n) is 4.13. The molecule has 1 aromatic rings. The number of nitrogens with two attached hydrogens (primary N) is 1. The summed E-state index contributed by atoms with van der Waals surface area (Å²) in [5.41, 5.74) is 6.33. The van der Waals surface area contributed by atoms with E-state index in [2.05, 4.69) is 37.2 Å². The first kappa shape index (κ1) is 16.0. The molecule has 3 N–H and O–H groups in total. The van der Waals surface area contributed by atoms with Crippen LogP contribution < -0.4 is 11.1 Å².